The minimum Gasteiger partial charge on any atom is -0.366 e. The van der Waals surface area contributed by atoms with Crippen LogP contribution in [-0.4, -0.2) is 4.98 Å². The van der Waals surface area contributed by atoms with Gasteiger partial charge in [0.1, 0.15) is 11.1 Å². The molecule has 0 radical (unpaired) electrons. The first-order valence-electron chi connectivity index (χ1n) is 5.45. The van der Waals surface area contributed by atoms with Gasteiger partial charge in [-0.1, -0.05) is 37.3 Å². The SMILES string of the molecule is CCC(OCc1ccccc1)c1nccs1. The molecule has 0 saturated heterocycles. The lowest BCUT2D eigenvalue weighted by Gasteiger charge is -2.13. The number of hydrogen-bond donors (Lipinski definition) is 0. The van der Waals surface area contributed by atoms with Crippen LogP contribution in [0.5, 0.6) is 0 Å². The van der Waals surface area contributed by atoms with Gasteiger partial charge in [-0.2, -0.15) is 0 Å². The number of hydrogen-bond acceptors (Lipinski definition) is 3. The maximum Gasteiger partial charge on any atom is 0.121 e. The second-order valence-electron chi connectivity index (χ2n) is 3.56. The van der Waals surface area contributed by atoms with E-state index in [1.165, 1.54) is 5.56 Å². The summed E-state index contributed by atoms with van der Waals surface area (Å²) in [4.78, 5) is 4.29. The fraction of sp³-hybridized carbons (Fsp3) is 0.308. The second kappa shape index (κ2) is 5.77. The second-order valence-corrected chi connectivity index (χ2v) is 4.49. The van der Waals surface area contributed by atoms with E-state index in [9.17, 15) is 0 Å². The van der Waals surface area contributed by atoms with Crippen molar-refractivity contribution < 1.29 is 4.74 Å². The van der Waals surface area contributed by atoms with Crippen LogP contribution < -0.4 is 0 Å². The molecule has 1 atom stereocenters. The van der Waals surface area contributed by atoms with Crippen LogP contribution in [0.15, 0.2) is 41.9 Å². The molecule has 0 N–H and O–H groups in total. The van der Waals surface area contributed by atoms with Gasteiger partial charge in [0.25, 0.3) is 0 Å². The van der Waals surface area contributed by atoms with E-state index in [1.54, 1.807) is 11.3 Å². The van der Waals surface area contributed by atoms with Crippen molar-refractivity contribution in [1.29, 1.82) is 0 Å². The van der Waals surface area contributed by atoms with E-state index < -0.39 is 0 Å². The van der Waals surface area contributed by atoms with Crippen LogP contribution in [0.25, 0.3) is 0 Å². The zero-order valence-corrected chi connectivity index (χ0v) is 10.1. The Morgan fingerprint density at radius 3 is 2.75 bits per heavy atom. The monoisotopic (exact) mass is 233 g/mol. The van der Waals surface area contributed by atoms with Gasteiger partial charge in [0.05, 0.1) is 6.61 Å². The molecule has 0 amide bonds. The van der Waals surface area contributed by atoms with E-state index in [0.29, 0.717) is 6.61 Å². The number of thiazole rings is 1. The number of rotatable bonds is 5. The topological polar surface area (TPSA) is 22.1 Å². The summed E-state index contributed by atoms with van der Waals surface area (Å²) < 4.78 is 5.87. The third kappa shape index (κ3) is 2.90. The molecule has 0 spiro atoms. The van der Waals surface area contributed by atoms with E-state index in [2.05, 4.69) is 24.0 Å². The average Bonchev–Trinajstić information content (AvgIpc) is 2.85. The van der Waals surface area contributed by atoms with Crippen molar-refractivity contribution in [2.75, 3.05) is 0 Å². The van der Waals surface area contributed by atoms with Gasteiger partial charge in [-0.05, 0) is 12.0 Å². The van der Waals surface area contributed by atoms with Crippen LogP contribution in [0.3, 0.4) is 0 Å². The van der Waals surface area contributed by atoms with Crippen molar-refractivity contribution in [2.45, 2.75) is 26.1 Å². The standard InChI is InChI=1S/C13H15NOS/c1-2-12(13-14-8-9-16-13)15-10-11-6-4-3-5-7-11/h3-9,12H,2,10H2,1H3. The van der Waals surface area contributed by atoms with Crippen molar-refractivity contribution in [3.8, 4) is 0 Å². The molecule has 1 aromatic heterocycles. The first kappa shape index (κ1) is 11.3. The number of benzene rings is 1. The number of ether oxygens (including phenoxy) is 1. The van der Waals surface area contributed by atoms with Crippen LogP contribution in [0.1, 0.15) is 30.0 Å². The van der Waals surface area contributed by atoms with Gasteiger partial charge in [-0.25, -0.2) is 4.98 Å². The van der Waals surface area contributed by atoms with Crippen molar-refractivity contribution >= 4 is 11.3 Å². The number of aromatic nitrogens is 1. The predicted molar refractivity (Wildman–Crippen MR) is 66.4 cm³/mol. The van der Waals surface area contributed by atoms with E-state index in [1.807, 2.05) is 29.8 Å². The molecule has 1 aromatic carbocycles. The normalized spacial score (nSPS) is 12.6. The van der Waals surface area contributed by atoms with Crippen molar-refractivity contribution in [1.82, 2.24) is 4.98 Å². The summed E-state index contributed by atoms with van der Waals surface area (Å²) in [6, 6.07) is 10.2. The molecule has 2 aromatic rings. The molecule has 0 aliphatic heterocycles. The third-order valence-corrected chi connectivity index (χ3v) is 3.26. The summed E-state index contributed by atoms with van der Waals surface area (Å²) in [5.41, 5.74) is 1.21. The average molecular weight is 233 g/mol. The summed E-state index contributed by atoms with van der Waals surface area (Å²) in [6.45, 7) is 2.77. The maximum absolute atomic E-state index is 5.87. The third-order valence-electron chi connectivity index (χ3n) is 2.39. The summed E-state index contributed by atoms with van der Waals surface area (Å²) >= 11 is 1.65. The van der Waals surface area contributed by atoms with E-state index >= 15 is 0 Å². The maximum atomic E-state index is 5.87. The molecule has 84 valence electrons. The Morgan fingerprint density at radius 2 is 2.12 bits per heavy atom. The molecule has 2 nitrogen and oxygen atoms in total. The Hall–Kier alpha value is -1.19. The lowest BCUT2D eigenvalue weighted by Crippen LogP contribution is -2.02. The van der Waals surface area contributed by atoms with E-state index in [0.717, 1.165) is 11.4 Å². The summed E-state index contributed by atoms with van der Waals surface area (Å²) in [5, 5.41) is 3.06. The fourth-order valence-corrected chi connectivity index (χ4v) is 2.30. The molecule has 3 heteroatoms. The summed E-state index contributed by atoms with van der Waals surface area (Å²) in [5.74, 6) is 0. The quantitative estimate of drug-likeness (QED) is 0.783. The molecule has 16 heavy (non-hydrogen) atoms. The van der Waals surface area contributed by atoms with Crippen LogP contribution >= 0.6 is 11.3 Å². The predicted octanol–water partition coefficient (Wildman–Crippen LogP) is 3.81. The first-order chi connectivity index (χ1) is 7.90. The molecular weight excluding hydrogens is 218 g/mol. The van der Waals surface area contributed by atoms with Crippen LogP contribution in [-0.2, 0) is 11.3 Å². The highest BCUT2D eigenvalue weighted by Gasteiger charge is 2.11. The Kier molecular flexibility index (Phi) is 4.08. The minimum absolute atomic E-state index is 0.125. The molecule has 0 saturated carbocycles. The highest BCUT2D eigenvalue weighted by molar-refractivity contribution is 7.09. The Balaban J connectivity index is 1.94. The zero-order valence-electron chi connectivity index (χ0n) is 9.30. The van der Waals surface area contributed by atoms with Gasteiger partial charge in [-0.15, -0.1) is 11.3 Å². The highest BCUT2D eigenvalue weighted by Crippen LogP contribution is 2.23. The molecule has 1 heterocycles. The van der Waals surface area contributed by atoms with E-state index in [4.69, 9.17) is 4.74 Å². The van der Waals surface area contributed by atoms with Crippen molar-refractivity contribution in [3.05, 3.63) is 52.5 Å². The zero-order chi connectivity index (χ0) is 11.2. The van der Waals surface area contributed by atoms with Crippen molar-refractivity contribution in [3.63, 3.8) is 0 Å². The Morgan fingerprint density at radius 1 is 1.31 bits per heavy atom. The lowest BCUT2D eigenvalue weighted by molar-refractivity contribution is 0.0370. The lowest BCUT2D eigenvalue weighted by atomic mass is 10.2. The van der Waals surface area contributed by atoms with Gasteiger partial charge < -0.3 is 4.74 Å². The smallest absolute Gasteiger partial charge is 0.121 e. The molecule has 1 unspecified atom stereocenters. The van der Waals surface area contributed by atoms with Crippen LogP contribution in [0.2, 0.25) is 0 Å². The minimum atomic E-state index is 0.125. The molecule has 0 aliphatic carbocycles. The molecule has 2 rings (SSSR count). The molecule has 0 bridgehead atoms. The first-order valence-corrected chi connectivity index (χ1v) is 6.33. The van der Waals surface area contributed by atoms with Gasteiger partial charge in [-0.3, -0.25) is 0 Å². The molecule has 0 fully saturated rings. The number of nitrogens with zero attached hydrogens (tertiary/aromatic N) is 1. The van der Waals surface area contributed by atoms with E-state index in [-0.39, 0.29) is 6.10 Å². The summed E-state index contributed by atoms with van der Waals surface area (Å²) in [7, 11) is 0. The van der Waals surface area contributed by atoms with Gasteiger partial charge in [0.2, 0.25) is 0 Å². The largest absolute Gasteiger partial charge is 0.366 e. The van der Waals surface area contributed by atoms with Gasteiger partial charge >= 0.3 is 0 Å². The van der Waals surface area contributed by atoms with Crippen LogP contribution in [0.4, 0.5) is 0 Å². The van der Waals surface area contributed by atoms with Gasteiger partial charge in [0, 0.05) is 11.6 Å². The molecule has 0 aliphatic rings. The molecular formula is C13H15NOS. The van der Waals surface area contributed by atoms with Crippen LogP contribution in [0, 0.1) is 0 Å². The summed E-state index contributed by atoms with van der Waals surface area (Å²) in [6.07, 6.45) is 2.91. The Labute approximate surface area is 99.9 Å². The van der Waals surface area contributed by atoms with Crippen molar-refractivity contribution in [2.24, 2.45) is 0 Å². The fourth-order valence-electron chi connectivity index (χ4n) is 1.53. The highest BCUT2D eigenvalue weighted by atomic mass is 32.1. The van der Waals surface area contributed by atoms with Gasteiger partial charge in [0.15, 0.2) is 0 Å². The Bertz CT molecular complexity index is 399.